The van der Waals surface area contributed by atoms with Gasteiger partial charge >= 0.3 is 6.01 Å². The van der Waals surface area contributed by atoms with Crippen LogP contribution in [-0.2, 0) is 13.0 Å². The van der Waals surface area contributed by atoms with E-state index in [0.29, 0.717) is 6.01 Å². The van der Waals surface area contributed by atoms with Crippen molar-refractivity contribution in [2.24, 2.45) is 0 Å². The lowest BCUT2D eigenvalue weighted by Gasteiger charge is -2.19. The molecule has 3 heterocycles. The Morgan fingerprint density at radius 3 is 3.11 bits per heavy atom. The molecule has 0 fully saturated rings. The lowest BCUT2D eigenvalue weighted by molar-refractivity contribution is 0.377. The molecule has 6 nitrogen and oxygen atoms in total. The second kappa shape index (κ2) is 4.66. The number of rotatable bonds is 3. The Bertz CT molecular complexity index is 538. The molecular weight excluding hydrogens is 230 g/mol. The highest BCUT2D eigenvalue weighted by Crippen LogP contribution is 2.25. The third-order valence-electron chi connectivity index (χ3n) is 2.96. The number of ether oxygens (including phenoxy) is 1. The van der Waals surface area contributed by atoms with Crippen molar-refractivity contribution in [2.75, 3.05) is 19.0 Å². The molecule has 18 heavy (non-hydrogen) atoms. The van der Waals surface area contributed by atoms with Gasteiger partial charge in [0.2, 0.25) is 0 Å². The first-order valence-electron chi connectivity index (χ1n) is 5.91. The van der Waals surface area contributed by atoms with E-state index in [-0.39, 0.29) is 0 Å². The summed E-state index contributed by atoms with van der Waals surface area (Å²) < 4.78 is 5.15. The molecule has 0 amide bonds. The Hall–Kier alpha value is -2.08. The molecule has 1 aliphatic heterocycles. The summed E-state index contributed by atoms with van der Waals surface area (Å²) in [5, 5.41) is 6.61. The topological polar surface area (TPSA) is 74.9 Å². The van der Waals surface area contributed by atoms with Crippen molar-refractivity contribution in [2.45, 2.75) is 13.0 Å². The van der Waals surface area contributed by atoms with Crippen molar-refractivity contribution in [1.29, 1.82) is 0 Å². The van der Waals surface area contributed by atoms with Gasteiger partial charge in [-0.2, -0.15) is 9.97 Å². The number of anilines is 2. The number of aromatic amines is 1. The Morgan fingerprint density at radius 1 is 1.39 bits per heavy atom. The van der Waals surface area contributed by atoms with E-state index in [2.05, 4.69) is 25.6 Å². The molecule has 0 radical (unpaired) electrons. The van der Waals surface area contributed by atoms with E-state index < -0.39 is 0 Å². The number of methoxy groups -OCH3 is 1. The van der Waals surface area contributed by atoms with Gasteiger partial charge in [-0.15, -0.1) is 0 Å². The van der Waals surface area contributed by atoms with Crippen LogP contribution >= 0.6 is 0 Å². The molecule has 0 saturated carbocycles. The van der Waals surface area contributed by atoms with Crippen LogP contribution < -0.4 is 15.4 Å². The molecule has 3 N–H and O–H groups in total. The van der Waals surface area contributed by atoms with E-state index >= 15 is 0 Å². The van der Waals surface area contributed by atoms with Crippen LogP contribution in [-0.4, -0.2) is 28.6 Å². The fourth-order valence-electron chi connectivity index (χ4n) is 2.05. The first kappa shape index (κ1) is 11.0. The van der Waals surface area contributed by atoms with Crippen molar-refractivity contribution in [3.05, 3.63) is 29.7 Å². The van der Waals surface area contributed by atoms with E-state index in [0.717, 1.165) is 42.3 Å². The van der Waals surface area contributed by atoms with E-state index in [1.807, 2.05) is 18.5 Å². The molecule has 1 aliphatic rings. The standard InChI is InChI=1S/C12H15N5O/c1-18-12-16-10-3-5-14-7-9(10)11(17-12)15-8-2-4-13-6-8/h2,4,6,13-14H,3,5,7H2,1H3,(H,15,16,17). The molecule has 0 unspecified atom stereocenters. The minimum atomic E-state index is 0.411. The molecule has 3 rings (SSSR count). The molecule has 0 aromatic carbocycles. The summed E-state index contributed by atoms with van der Waals surface area (Å²) >= 11 is 0. The van der Waals surface area contributed by atoms with Gasteiger partial charge in [-0.25, -0.2) is 0 Å². The Labute approximate surface area is 105 Å². The van der Waals surface area contributed by atoms with Crippen LogP contribution in [0.15, 0.2) is 18.5 Å². The largest absolute Gasteiger partial charge is 0.467 e. The number of nitrogens with one attached hydrogen (secondary N) is 3. The van der Waals surface area contributed by atoms with Crippen LogP contribution in [0.3, 0.4) is 0 Å². The van der Waals surface area contributed by atoms with Gasteiger partial charge < -0.3 is 20.4 Å². The molecule has 2 aromatic rings. The number of hydrogen-bond donors (Lipinski definition) is 3. The van der Waals surface area contributed by atoms with Gasteiger partial charge in [0, 0.05) is 37.5 Å². The fraction of sp³-hybridized carbons (Fsp3) is 0.333. The van der Waals surface area contributed by atoms with E-state index in [1.165, 1.54) is 0 Å². The molecule has 2 aromatic heterocycles. The van der Waals surface area contributed by atoms with Gasteiger partial charge in [-0.05, 0) is 6.07 Å². The Morgan fingerprint density at radius 2 is 2.33 bits per heavy atom. The Balaban J connectivity index is 2.00. The van der Waals surface area contributed by atoms with Crippen LogP contribution in [0.1, 0.15) is 11.3 Å². The smallest absolute Gasteiger partial charge is 0.318 e. The molecule has 6 heteroatoms. The van der Waals surface area contributed by atoms with Gasteiger partial charge in [-0.3, -0.25) is 0 Å². The molecule has 0 atom stereocenters. The SMILES string of the molecule is COc1nc2c(c(Nc3cc[nH]c3)n1)CNCC2. The number of fused-ring (bicyclic) bond motifs is 1. The molecule has 0 spiro atoms. The first-order chi connectivity index (χ1) is 8.86. The highest BCUT2D eigenvalue weighted by molar-refractivity contribution is 5.60. The maximum absolute atomic E-state index is 5.15. The second-order valence-corrected chi connectivity index (χ2v) is 4.14. The third kappa shape index (κ3) is 2.02. The van der Waals surface area contributed by atoms with Gasteiger partial charge in [0.05, 0.1) is 18.5 Å². The van der Waals surface area contributed by atoms with Crippen LogP contribution in [0.5, 0.6) is 6.01 Å². The zero-order valence-corrected chi connectivity index (χ0v) is 10.2. The average molecular weight is 245 g/mol. The van der Waals surface area contributed by atoms with Crippen LogP contribution in [0, 0.1) is 0 Å². The number of nitrogens with zero attached hydrogens (tertiary/aromatic N) is 2. The van der Waals surface area contributed by atoms with Crippen LogP contribution in [0.2, 0.25) is 0 Å². The number of aromatic nitrogens is 3. The van der Waals surface area contributed by atoms with Crippen molar-refractivity contribution < 1.29 is 4.74 Å². The van der Waals surface area contributed by atoms with E-state index in [1.54, 1.807) is 7.11 Å². The van der Waals surface area contributed by atoms with Crippen molar-refractivity contribution in [1.82, 2.24) is 20.3 Å². The summed E-state index contributed by atoms with van der Waals surface area (Å²) in [5.74, 6) is 0.809. The summed E-state index contributed by atoms with van der Waals surface area (Å²) in [6, 6.07) is 2.37. The highest BCUT2D eigenvalue weighted by Gasteiger charge is 2.18. The van der Waals surface area contributed by atoms with Gasteiger partial charge in [-0.1, -0.05) is 0 Å². The van der Waals surface area contributed by atoms with Gasteiger partial charge in [0.15, 0.2) is 0 Å². The molecule has 0 aliphatic carbocycles. The number of hydrogen-bond acceptors (Lipinski definition) is 5. The quantitative estimate of drug-likeness (QED) is 0.757. The van der Waals surface area contributed by atoms with Gasteiger partial charge in [0.1, 0.15) is 5.82 Å². The Kier molecular flexibility index (Phi) is 2.85. The predicted molar refractivity (Wildman–Crippen MR) is 68.1 cm³/mol. The maximum Gasteiger partial charge on any atom is 0.318 e. The monoisotopic (exact) mass is 245 g/mol. The fourth-order valence-corrected chi connectivity index (χ4v) is 2.05. The maximum atomic E-state index is 5.15. The predicted octanol–water partition coefficient (Wildman–Crippen LogP) is 1.20. The summed E-state index contributed by atoms with van der Waals surface area (Å²) in [4.78, 5) is 11.8. The van der Waals surface area contributed by atoms with Crippen LogP contribution in [0.25, 0.3) is 0 Å². The molecular formula is C12H15N5O. The third-order valence-corrected chi connectivity index (χ3v) is 2.96. The minimum Gasteiger partial charge on any atom is -0.467 e. The zero-order chi connectivity index (χ0) is 12.4. The normalized spacial score (nSPS) is 14.1. The summed E-state index contributed by atoms with van der Waals surface area (Å²) in [5.41, 5.74) is 3.14. The number of H-pyrrole nitrogens is 1. The van der Waals surface area contributed by atoms with E-state index in [4.69, 9.17) is 4.74 Å². The summed E-state index contributed by atoms with van der Waals surface area (Å²) in [7, 11) is 1.59. The van der Waals surface area contributed by atoms with Crippen molar-refractivity contribution >= 4 is 11.5 Å². The molecule has 0 saturated heterocycles. The first-order valence-corrected chi connectivity index (χ1v) is 5.91. The highest BCUT2D eigenvalue weighted by atomic mass is 16.5. The molecule has 94 valence electrons. The summed E-state index contributed by atoms with van der Waals surface area (Å²) in [6.45, 7) is 1.73. The van der Waals surface area contributed by atoms with Crippen LogP contribution in [0.4, 0.5) is 11.5 Å². The van der Waals surface area contributed by atoms with Crippen molar-refractivity contribution in [3.8, 4) is 6.01 Å². The second-order valence-electron chi connectivity index (χ2n) is 4.14. The minimum absolute atomic E-state index is 0.411. The van der Waals surface area contributed by atoms with E-state index in [9.17, 15) is 0 Å². The summed E-state index contributed by atoms with van der Waals surface area (Å²) in [6.07, 6.45) is 4.65. The lowest BCUT2D eigenvalue weighted by Crippen LogP contribution is -2.26. The zero-order valence-electron chi connectivity index (χ0n) is 10.2. The van der Waals surface area contributed by atoms with Crippen molar-refractivity contribution in [3.63, 3.8) is 0 Å². The molecule has 0 bridgehead atoms. The average Bonchev–Trinajstić information content (AvgIpc) is 2.91. The lowest BCUT2D eigenvalue weighted by atomic mass is 10.1. The van der Waals surface area contributed by atoms with Gasteiger partial charge in [0.25, 0.3) is 0 Å².